The van der Waals surface area contributed by atoms with Crippen LogP contribution in [0.25, 0.3) is 27.4 Å². The zero-order valence-electron chi connectivity index (χ0n) is 17.8. The molecule has 1 saturated carbocycles. The van der Waals surface area contributed by atoms with Crippen LogP contribution in [0.4, 0.5) is 5.13 Å². The lowest BCUT2D eigenvalue weighted by Gasteiger charge is -2.37. The highest BCUT2D eigenvalue weighted by Gasteiger charge is 2.42. The molecule has 10 heteroatoms. The number of thiazole rings is 1. The third-order valence-corrected chi connectivity index (χ3v) is 7.68. The zero-order chi connectivity index (χ0) is 21.1. The predicted octanol–water partition coefficient (Wildman–Crippen LogP) is 3.44. The number of anilines is 1. The summed E-state index contributed by atoms with van der Waals surface area (Å²) in [6.07, 6.45) is 8.21. The van der Waals surface area contributed by atoms with Gasteiger partial charge in [-0.05, 0) is 50.8 Å². The van der Waals surface area contributed by atoms with Crippen LogP contribution in [0.5, 0.6) is 0 Å². The lowest BCUT2D eigenvalue weighted by molar-refractivity contribution is 0.314. The van der Waals surface area contributed by atoms with E-state index in [9.17, 15) is 5.26 Å². The Labute approximate surface area is 195 Å². The van der Waals surface area contributed by atoms with Gasteiger partial charge in [0.15, 0.2) is 16.6 Å². The van der Waals surface area contributed by atoms with Crippen LogP contribution in [0.2, 0.25) is 0 Å². The van der Waals surface area contributed by atoms with Crippen molar-refractivity contribution >= 4 is 44.9 Å². The average molecular weight is 467 g/mol. The topological polar surface area (TPSA) is 95.0 Å². The third-order valence-electron chi connectivity index (χ3n) is 6.63. The molecule has 164 valence electrons. The first-order chi connectivity index (χ1) is 15.1. The van der Waals surface area contributed by atoms with E-state index in [-0.39, 0.29) is 12.4 Å². The number of nitrogens with one attached hydrogen (secondary N) is 1. The SMILES string of the molecule is Cc1cn2cc(-c3ncc4nc(N(C)C5C6CCC5CNC6)sc4n3)cc(C#N)c2n1.Cl. The Hall–Kier alpha value is -2.80. The Balaban J connectivity index is 0.00000216. The number of piperidine rings is 1. The van der Waals surface area contributed by atoms with Gasteiger partial charge in [0.1, 0.15) is 16.4 Å². The fourth-order valence-corrected chi connectivity index (χ4v) is 6.17. The second-order valence-corrected chi connectivity index (χ2v) is 9.56. The minimum absolute atomic E-state index is 0. The van der Waals surface area contributed by atoms with Crippen molar-refractivity contribution in [1.82, 2.24) is 29.7 Å². The van der Waals surface area contributed by atoms with Gasteiger partial charge in [0.25, 0.3) is 0 Å². The molecule has 2 bridgehead atoms. The van der Waals surface area contributed by atoms with Gasteiger partial charge >= 0.3 is 0 Å². The molecule has 8 nitrogen and oxygen atoms in total. The van der Waals surface area contributed by atoms with Gasteiger partial charge in [-0.1, -0.05) is 11.3 Å². The monoisotopic (exact) mass is 466 g/mol. The van der Waals surface area contributed by atoms with E-state index < -0.39 is 0 Å². The van der Waals surface area contributed by atoms with Crippen LogP contribution >= 0.6 is 23.7 Å². The fraction of sp³-hybridized carbons (Fsp3) is 0.409. The average Bonchev–Trinajstić information content (AvgIpc) is 3.44. The van der Waals surface area contributed by atoms with Crippen LogP contribution in [-0.4, -0.2) is 50.5 Å². The maximum atomic E-state index is 9.56. The summed E-state index contributed by atoms with van der Waals surface area (Å²) in [4.78, 5) is 21.9. The first-order valence-electron chi connectivity index (χ1n) is 10.6. The van der Waals surface area contributed by atoms with Crippen molar-refractivity contribution in [2.45, 2.75) is 25.8 Å². The first kappa shape index (κ1) is 21.1. The van der Waals surface area contributed by atoms with Crippen molar-refractivity contribution < 1.29 is 0 Å². The molecule has 2 aliphatic rings. The summed E-state index contributed by atoms with van der Waals surface area (Å²) in [6.45, 7) is 4.11. The van der Waals surface area contributed by atoms with Crippen LogP contribution in [0, 0.1) is 30.1 Å². The van der Waals surface area contributed by atoms with Crippen LogP contribution in [0.15, 0.2) is 24.7 Å². The molecule has 32 heavy (non-hydrogen) atoms. The Morgan fingerprint density at radius 1 is 1.19 bits per heavy atom. The molecule has 0 spiro atoms. The first-order valence-corrected chi connectivity index (χ1v) is 11.4. The number of aromatic nitrogens is 5. The summed E-state index contributed by atoms with van der Waals surface area (Å²) in [6, 6.07) is 4.59. The van der Waals surface area contributed by atoms with Crippen LogP contribution in [0.1, 0.15) is 24.1 Å². The molecule has 4 aromatic rings. The van der Waals surface area contributed by atoms with Gasteiger partial charge in [-0.25, -0.2) is 19.9 Å². The number of hydrogen-bond donors (Lipinski definition) is 1. The molecular formula is C22H23ClN8S. The number of pyridine rings is 1. The third kappa shape index (κ3) is 3.30. The van der Waals surface area contributed by atoms with E-state index in [0.29, 0.717) is 34.9 Å². The van der Waals surface area contributed by atoms with Crippen molar-refractivity contribution in [1.29, 1.82) is 5.26 Å². The number of nitrogens with zero attached hydrogens (tertiary/aromatic N) is 7. The normalized spacial score (nSPS) is 22.1. The Bertz CT molecular complexity index is 1340. The van der Waals surface area contributed by atoms with E-state index >= 15 is 0 Å². The maximum Gasteiger partial charge on any atom is 0.188 e. The van der Waals surface area contributed by atoms with Gasteiger partial charge in [0.2, 0.25) is 0 Å². The van der Waals surface area contributed by atoms with Gasteiger partial charge in [-0.15, -0.1) is 12.4 Å². The molecule has 6 rings (SSSR count). The molecule has 1 saturated heterocycles. The number of fused-ring (bicyclic) bond motifs is 4. The number of hydrogen-bond acceptors (Lipinski definition) is 8. The Morgan fingerprint density at radius 3 is 2.72 bits per heavy atom. The molecule has 5 heterocycles. The Morgan fingerprint density at radius 2 is 1.97 bits per heavy atom. The smallest absolute Gasteiger partial charge is 0.188 e. The van der Waals surface area contributed by atoms with Gasteiger partial charge in [0, 0.05) is 31.0 Å². The molecule has 4 aromatic heterocycles. The minimum Gasteiger partial charge on any atom is -0.347 e. The van der Waals surface area contributed by atoms with Gasteiger partial charge < -0.3 is 14.6 Å². The summed E-state index contributed by atoms with van der Waals surface area (Å²) in [5, 5.41) is 14.1. The molecule has 1 aliphatic heterocycles. The molecule has 2 unspecified atom stereocenters. The standard InChI is InChI=1S/C22H22N8S.ClH/c1-12-10-30-11-16(5-15(6-23)20(30)26-12)19-25-9-17-21(28-19)31-22(27-17)29(2)18-13-3-4-14(18)8-24-7-13;/h5,9-11,13-14,18,24H,3-4,7-8H2,1-2H3;1H. The highest BCUT2D eigenvalue weighted by molar-refractivity contribution is 7.21. The fourth-order valence-electron chi connectivity index (χ4n) is 5.25. The molecule has 0 amide bonds. The van der Waals surface area contributed by atoms with E-state index in [4.69, 9.17) is 9.97 Å². The van der Waals surface area contributed by atoms with Gasteiger partial charge in [-0.2, -0.15) is 5.26 Å². The molecule has 1 N–H and O–H groups in total. The summed E-state index contributed by atoms with van der Waals surface area (Å²) < 4.78 is 1.87. The predicted molar refractivity (Wildman–Crippen MR) is 127 cm³/mol. The van der Waals surface area contributed by atoms with Crippen LogP contribution < -0.4 is 10.2 Å². The summed E-state index contributed by atoms with van der Waals surface area (Å²) in [5.74, 6) is 1.97. The second kappa shape index (κ2) is 7.96. The lowest BCUT2D eigenvalue weighted by atomic mass is 9.93. The zero-order valence-corrected chi connectivity index (χ0v) is 19.4. The number of nitriles is 1. The number of imidazole rings is 1. The van der Waals surface area contributed by atoms with Crippen LogP contribution in [0.3, 0.4) is 0 Å². The van der Waals surface area contributed by atoms with Crippen molar-refractivity contribution in [2.75, 3.05) is 25.0 Å². The van der Waals surface area contributed by atoms with Gasteiger partial charge in [0.05, 0.1) is 17.5 Å². The number of aryl methyl sites for hydroxylation is 1. The minimum atomic E-state index is 0. The van der Waals surface area contributed by atoms with E-state index in [1.807, 2.05) is 29.8 Å². The van der Waals surface area contributed by atoms with Crippen molar-refractivity contribution in [3.63, 3.8) is 0 Å². The number of rotatable bonds is 3. The van der Waals surface area contributed by atoms with Crippen molar-refractivity contribution in [3.8, 4) is 17.5 Å². The molecular weight excluding hydrogens is 444 g/mol. The van der Waals surface area contributed by atoms with E-state index in [1.165, 1.54) is 12.8 Å². The van der Waals surface area contributed by atoms with Gasteiger partial charge in [-0.3, -0.25) is 0 Å². The van der Waals surface area contributed by atoms with Crippen molar-refractivity contribution in [3.05, 3.63) is 35.9 Å². The molecule has 0 radical (unpaired) electrons. The van der Waals surface area contributed by atoms with Crippen molar-refractivity contribution in [2.24, 2.45) is 11.8 Å². The summed E-state index contributed by atoms with van der Waals surface area (Å²) >= 11 is 1.62. The lowest BCUT2D eigenvalue weighted by Crippen LogP contribution is -2.50. The number of halogens is 1. The molecule has 2 fully saturated rings. The summed E-state index contributed by atoms with van der Waals surface area (Å²) in [5.41, 5.74) is 3.65. The quantitative estimate of drug-likeness (QED) is 0.494. The largest absolute Gasteiger partial charge is 0.347 e. The molecule has 2 atom stereocenters. The molecule has 1 aliphatic carbocycles. The maximum absolute atomic E-state index is 9.56. The Kier molecular flexibility index (Phi) is 5.24. The summed E-state index contributed by atoms with van der Waals surface area (Å²) in [7, 11) is 2.17. The highest BCUT2D eigenvalue weighted by Crippen LogP contribution is 2.40. The van der Waals surface area contributed by atoms with Crippen LogP contribution in [-0.2, 0) is 0 Å². The van der Waals surface area contributed by atoms with E-state index in [0.717, 1.165) is 39.8 Å². The van der Waals surface area contributed by atoms with E-state index in [2.05, 4.69) is 33.3 Å². The molecule has 0 aromatic carbocycles. The second-order valence-electron chi connectivity index (χ2n) is 8.61. The highest BCUT2D eigenvalue weighted by atomic mass is 35.5. The van der Waals surface area contributed by atoms with E-state index in [1.54, 1.807) is 17.5 Å².